The molecule has 5 heteroatoms. The van der Waals surface area contributed by atoms with E-state index < -0.39 is 10.7 Å². The number of ether oxygens (including phenoxy) is 1. The van der Waals surface area contributed by atoms with Gasteiger partial charge in [-0.05, 0) is 12.3 Å². The molecular formula is C14H20FNO3. The van der Waals surface area contributed by atoms with Crippen molar-refractivity contribution in [3.05, 3.63) is 34.1 Å². The highest BCUT2D eigenvalue weighted by Crippen LogP contribution is 2.23. The molecule has 19 heavy (non-hydrogen) atoms. The van der Waals surface area contributed by atoms with Crippen LogP contribution >= 0.6 is 0 Å². The van der Waals surface area contributed by atoms with Crippen LogP contribution in [0, 0.1) is 21.8 Å². The summed E-state index contributed by atoms with van der Waals surface area (Å²) in [6, 6.07) is 3.33. The van der Waals surface area contributed by atoms with Crippen LogP contribution in [0.3, 0.4) is 0 Å². The SMILES string of the molecule is CCCCC(CC)COc1cc(F)cc([N+](=O)[O-])c1. The Kier molecular flexibility index (Phi) is 6.25. The Morgan fingerprint density at radius 3 is 2.68 bits per heavy atom. The molecule has 0 aliphatic heterocycles. The van der Waals surface area contributed by atoms with Crippen molar-refractivity contribution >= 4 is 5.69 Å². The minimum Gasteiger partial charge on any atom is -0.493 e. The zero-order chi connectivity index (χ0) is 14.3. The van der Waals surface area contributed by atoms with Gasteiger partial charge in [-0.25, -0.2) is 4.39 Å². The summed E-state index contributed by atoms with van der Waals surface area (Å²) in [6.45, 7) is 4.68. The van der Waals surface area contributed by atoms with E-state index in [1.54, 1.807) is 0 Å². The second kappa shape index (κ2) is 7.71. The van der Waals surface area contributed by atoms with Crippen LogP contribution in [0.15, 0.2) is 18.2 Å². The van der Waals surface area contributed by atoms with E-state index in [1.165, 1.54) is 12.1 Å². The largest absolute Gasteiger partial charge is 0.493 e. The molecule has 1 rings (SSSR count). The molecule has 0 bridgehead atoms. The van der Waals surface area contributed by atoms with Gasteiger partial charge in [0.25, 0.3) is 5.69 Å². The zero-order valence-electron chi connectivity index (χ0n) is 11.4. The number of nitrogens with zero attached hydrogens (tertiary/aromatic N) is 1. The third-order valence-electron chi connectivity index (χ3n) is 3.10. The molecule has 106 valence electrons. The Labute approximate surface area is 112 Å². The summed E-state index contributed by atoms with van der Waals surface area (Å²) in [5, 5.41) is 10.6. The summed E-state index contributed by atoms with van der Waals surface area (Å²) in [4.78, 5) is 10.0. The number of hydrogen-bond donors (Lipinski definition) is 0. The van der Waals surface area contributed by atoms with E-state index in [-0.39, 0.29) is 11.4 Å². The molecule has 0 saturated carbocycles. The number of non-ortho nitro benzene ring substituents is 1. The van der Waals surface area contributed by atoms with Gasteiger partial charge in [0.15, 0.2) is 0 Å². The van der Waals surface area contributed by atoms with Crippen LogP contribution in [0.25, 0.3) is 0 Å². The molecule has 0 aromatic heterocycles. The number of unbranched alkanes of at least 4 members (excludes halogenated alkanes) is 1. The molecule has 0 N–H and O–H groups in total. The normalized spacial score (nSPS) is 12.2. The first kappa shape index (κ1) is 15.4. The van der Waals surface area contributed by atoms with Crippen LogP contribution in [0.1, 0.15) is 39.5 Å². The van der Waals surface area contributed by atoms with Crippen molar-refractivity contribution in [2.75, 3.05) is 6.61 Å². The fraction of sp³-hybridized carbons (Fsp3) is 0.571. The van der Waals surface area contributed by atoms with Crippen LogP contribution in [0.2, 0.25) is 0 Å². The summed E-state index contributed by atoms with van der Waals surface area (Å²) < 4.78 is 18.7. The Morgan fingerprint density at radius 2 is 2.11 bits per heavy atom. The average Bonchev–Trinajstić information content (AvgIpc) is 2.38. The molecular weight excluding hydrogens is 249 g/mol. The predicted octanol–water partition coefficient (Wildman–Crippen LogP) is 4.33. The maximum atomic E-state index is 13.2. The van der Waals surface area contributed by atoms with E-state index in [9.17, 15) is 14.5 Å². The van der Waals surface area contributed by atoms with Crippen molar-refractivity contribution in [2.45, 2.75) is 39.5 Å². The Bertz CT molecular complexity index is 423. The molecule has 0 radical (unpaired) electrons. The number of halogens is 1. The van der Waals surface area contributed by atoms with Crippen molar-refractivity contribution in [1.29, 1.82) is 0 Å². The summed E-state index contributed by atoms with van der Waals surface area (Å²) in [5.74, 6) is -0.0188. The van der Waals surface area contributed by atoms with Crippen LogP contribution in [0.4, 0.5) is 10.1 Å². The summed E-state index contributed by atoms with van der Waals surface area (Å²) >= 11 is 0. The van der Waals surface area contributed by atoms with Crippen molar-refractivity contribution in [3.8, 4) is 5.75 Å². The number of rotatable bonds is 8. The molecule has 0 saturated heterocycles. The van der Waals surface area contributed by atoms with E-state index in [1.807, 2.05) is 0 Å². The monoisotopic (exact) mass is 269 g/mol. The zero-order valence-corrected chi connectivity index (χ0v) is 11.4. The van der Waals surface area contributed by atoms with Gasteiger partial charge < -0.3 is 4.74 Å². The van der Waals surface area contributed by atoms with Crippen LogP contribution in [0.5, 0.6) is 5.75 Å². The quantitative estimate of drug-likeness (QED) is 0.521. The summed E-state index contributed by atoms with van der Waals surface area (Å²) in [5.41, 5.74) is -0.281. The van der Waals surface area contributed by atoms with Gasteiger partial charge in [-0.1, -0.05) is 33.1 Å². The van der Waals surface area contributed by atoms with Gasteiger partial charge in [-0.2, -0.15) is 0 Å². The lowest BCUT2D eigenvalue weighted by atomic mass is 10.0. The average molecular weight is 269 g/mol. The van der Waals surface area contributed by atoms with Gasteiger partial charge in [0.2, 0.25) is 0 Å². The fourth-order valence-electron chi connectivity index (χ4n) is 1.85. The number of benzene rings is 1. The fourth-order valence-corrected chi connectivity index (χ4v) is 1.85. The maximum absolute atomic E-state index is 13.2. The topological polar surface area (TPSA) is 52.4 Å². The first-order valence-corrected chi connectivity index (χ1v) is 6.64. The molecule has 0 aliphatic carbocycles. The van der Waals surface area contributed by atoms with E-state index in [2.05, 4.69) is 13.8 Å². The Hall–Kier alpha value is -1.65. The van der Waals surface area contributed by atoms with Gasteiger partial charge in [-0.15, -0.1) is 0 Å². The molecule has 1 unspecified atom stereocenters. The smallest absolute Gasteiger partial charge is 0.276 e. The standard InChI is InChI=1S/C14H20FNO3/c1-3-5-6-11(4-2)10-19-14-8-12(15)7-13(9-14)16(17)18/h7-9,11H,3-6,10H2,1-2H3. The van der Waals surface area contributed by atoms with E-state index >= 15 is 0 Å². The number of nitro groups is 1. The third-order valence-corrected chi connectivity index (χ3v) is 3.10. The minimum absolute atomic E-state index is 0.224. The van der Waals surface area contributed by atoms with Crippen molar-refractivity contribution in [2.24, 2.45) is 5.92 Å². The molecule has 0 fully saturated rings. The predicted molar refractivity (Wildman–Crippen MR) is 71.9 cm³/mol. The highest BCUT2D eigenvalue weighted by Gasteiger charge is 2.12. The molecule has 4 nitrogen and oxygen atoms in total. The van der Waals surface area contributed by atoms with Crippen LogP contribution in [-0.4, -0.2) is 11.5 Å². The van der Waals surface area contributed by atoms with Gasteiger partial charge in [0, 0.05) is 6.07 Å². The van der Waals surface area contributed by atoms with Gasteiger partial charge in [0.1, 0.15) is 11.6 Å². The van der Waals surface area contributed by atoms with Crippen molar-refractivity contribution in [3.63, 3.8) is 0 Å². The van der Waals surface area contributed by atoms with Gasteiger partial charge in [-0.3, -0.25) is 10.1 Å². The molecule has 0 aliphatic rings. The third kappa shape index (κ3) is 5.24. The van der Waals surface area contributed by atoms with Gasteiger partial charge in [0.05, 0.1) is 23.7 Å². The summed E-state index contributed by atoms with van der Waals surface area (Å²) in [6.07, 6.45) is 4.30. The lowest BCUT2D eigenvalue weighted by Gasteiger charge is -2.15. The molecule has 0 amide bonds. The van der Waals surface area contributed by atoms with Crippen molar-refractivity contribution in [1.82, 2.24) is 0 Å². The first-order chi connectivity index (χ1) is 9.06. The highest BCUT2D eigenvalue weighted by molar-refractivity contribution is 5.38. The second-order valence-corrected chi connectivity index (χ2v) is 4.63. The Balaban J connectivity index is 2.63. The molecule has 1 atom stereocenters. The number of nitro benzene ring substituents is 1. The van der Waals surface area contributed by atoms with Crippen molar-refractivity contribution < 1.29 is 14.1 Å². The van der Waals surface area contributed by atoms with E-state index in [0.717, 1.165) is 31.7 Å². The molecule has 0 spiro atoms. The Morgan fingerprint density at radius 1 is 1.37 bits per heavy atom. The molecule has 1 aromatic rings. The van der Waals surface area contributed by atoms with E-state index in [4.69, 9.17) is 4.74 Å². The first-order valence-electron chi connectivity index (χ1n) is 6.64. The highest BCUT2D eigenvalue weighted by atomic mass is 19.1. The molecule has 0 heterocycles. The second-order valence-electron chi connectivity index (χ2n) is 4.63. The van der Waals surface area contributed by atoms with Crippen LogP contribution in [-0.2, 0) is 0 Å². The van der Waals surface area contributed by atoms with Gasteiger partial charge >= 0.3 is 0 Å². The number of hydrogen-bond acceptors (Lipinski definition) is 3. The lowest BCUT2D eigenvalue weighted by molar-refractivity contribution is -0.385. The van der Waals surface area contributed by atoms with E-state index in [0.29, 0.717) is 12.5 Å². The summed E-state index contributed by atoms with van der Waals surface area (Å²) in [7, 11) is 0. The minimum atomic E-state index is -0.647. The molecule has 1 aromatic carbocycles. The lowest BCUT2D eigenvalue weighted by Crippen LogP contribution is -2.11. The van der Waals surface area contributed by atoms with Crippen LogP contribution < -0.4 is 4.74 Å². The maximum Gasteiger partial charge on any atom is 0.276 e.